The molecular formula is C23H22ClN7O3S2. The van der Waals surface area contributed by atoms with Gasteiger partial charge in [-0.25, -0.2) is 21.5 Å². The number of H-pyrrole nitrogens is 1. The van der Waals surface area contributed by atoms with Crippen LogP contribution in [0.1, 0.15) is 33.7 Å². The smallest absolute Gasteiger partial charge is 0.345 e. The Kier molecular flexibility index (Phi) is 6.64. The Morgan fingerprint density at radius 3 is 2.81 bits per heavy atom. The largest absolute Gasteiger partial charge is 0.477 e. The predicted molar refractivity (Wildman–Crippen MR) is 143 cm³/mol. The van der Waals surface area contributed by atoms with E-state index in [1.54, 1.807) is 38.6 Å². The number of carboxylic acid groups (broad SMARTS) is 1. The van der Waals surface area contributed by atoms with Crippen molar-refractivity contribution in [1.82, 2.24) is 19.1 Å². The van der Waals surface area contributed by atoms with Crippen molar-refractivity contribution in [3.05, 3.63) is 79.7 Å². The van der Waals surface area contributed by atoms with E-state index in [9.17, 15) is 14.7 Å². The van der Waals surface area contributed by atoms with Crippen LogP contribution >= 0.6 is 35.1 Å². The van der Waals surface area contributed by atoms with E-state index >= 15 is 0 Å². The quantitative estimate of drug-likeness (QED) is 0.155. The van der Waals surface area contributed by atoms with E-state index in [2.05, 4.69) is 9.97 Å². The third kappa shape index (κ3) is 4.66. The number of aryl methyl sites for hydroxylation is 1. The molecule has 0 unspecified atom stereocenters. The molecule has 0 bridgehead atoms. The molecule has 13 heteroatoms. The van der Waals surface area contributed by atoms with E-state index in [1.165, 1.54) is 0 Å². The number of anilines is 1. The summed E-state index contributed by atoms with van der Waals surface area (Å²) in [5, 5.41) is 11.5. The second kappa shape index (κ2) is 9.73. The fourth-order valence-electron chi connectivity index (χ4n) is 4.45. The molecule has 0 fully saturated rings. The van der Waals surface area contributed by atoms with Gasteiger partial charge >= 0.3 is 5.97 Å². The number of fused-ring (bicyclic) bond motifs is 1. The second-order valence-electron chi connectivity index (χ2n) is 8.29. The maximum absolute atomic E-state index is 13.3. The lowest BCUT2D eigenvalue weighted by Crippen LogP contribution is -2.34. The first-order chi connectivity index (χ1) is 17.2. The van der Waals surface area contributed by atoms with Crippen molar-refractivity contribution in [3.8, 4) is 22.4 Å². The average molecular weight is 544 g/mol. The van der Waals surface area contributed by atoms with Crippen LogP contribution in [0, 0.1) is 0 Å². The number of halogens is 1. The topological polar surface area (TPSA) is 146 Å². The number of aromatic carboxylic acids is 1. The highest BCUT2D eigenvalue weighted by Gasteiger charge is 2.28. The summed E-state index contributed by atoms with van der Waals surface area (Å²) in [6.07, 6.45) is 3.08. The van der Waals surface area contributed by atoms with Crippen LogP contribution in [0.5, 0.6) is 0 Å². The van der Waals surface area contributed by atoms with Crippen LogP contribution in [0.2, 0.25) is 5.02 Å². The number of aromatic nitrogens is 3. The van der Waals surface area contributed by atoms with Gasteiger partial charge in [0.15, 0.2) is 0 Å². The molecule has 6 N–H and O–H groups in total. The van der Waals surface area contributed by atoms with Crippen molar-refractivity contribution in [2.24, 2.45) is 11.7 Å². The van der Waals surface area contributed by atoms with Crippen LogP contribution in [0.15, 0.2) is 52.8 Å². The van der Waals surface area contributed by atoms with Crippen LogP contribution in [0.4, 0.5) is 5.69 Å². The molecule has 0 saturated carbocycles. The molecule has 4 aromatic rings. The van der Waals surface area contributed by atoms with E-state index in [4.69, 9.17) is 23.3 Å². The normalized spacial score (nSPS) is 14.9. The van der Waals surface area contributed by atoms with Crippen LogP contribution in [-0.2, 0) is 6.42 Å². The minimum absolute atomic E-state index is 0.146. The molecule has 1 aromatic carbocycles. The lowest BCUT2D eigenvalue weighted by Gasteiger charge is -2.23. The lowest BCUT2D eigenvalue weighted by atomic mass is 10.0. The molecular weight excluding hydrogens is 522 g/mol. The summed E-state index contributed by atoms with van der Waals surface area (Å²) >= 11 is 8.56. The van der Waals surface area contributed by atoms with Gasteiger partial charge in [0, 0.05) is 40.3 Å². The summed E-state index contributed by atoms with van der Waals surface area (Å²) in [6.45, 7) is 0. The molecule has 0 spiro atoms. The predicted octanol–water partition coefficient (Wildman–Crippen LogP) is 3.90. The number of benzene rings is 1. The van der Waals surface area contributed by atoms with E-state index < -0.39 is 5.97 Å². The molecule has 4 heterocycles. The first-order valence-corrected chi connectivity index (χ1v) is 12.8. The van der Waals surface area contributed by atoms with Gasteiger partial charge in [0.25, 0.3) is 5.56 Å². The van der Waals surface area contributed by atoms with Crippen molar-refractivity contribution in [1.29, 1.82) is 0 Å². The van der Waals surface area contributed by atoms with Crippen LogP contribution in [0.25, 0.3) is 22.4 Å². The van der Waals surface area contributed by atoms with Gasteiger partial charge in [0.1, 0.15) is 10.7 Å². The van der Waals surface area contributed by atoms with Crippen molar-refractivity contribution >= 4 is 46.7 Å². The van der Waals surface area contributed by atoms with E-state index in [0.29, 0.717) is 29.4 Å². The average Bonchev–Trinajstić information content (AvgIpc) is 3.57. The number of hydrogen-bond acceptors (Lipinski definition) is 9. The molecule has 1 aliphatic rings. The van der Waals surface area contributed by atoms with Gasteiger partial charge in [-0.2, -0.15) is 0 Å². The van der Waals surface area contributed by atoms with E-state index in [0.717, 1.165) is 56.1 Å². The highest BCUT2D eigenvalue weighted by Crippen LogP contribution is 2.37. The molecule has 10 nitrogen and oxygen atoms in total. The minimum atomic E-state index is -0.964. The Morgan fingerprint density at radius 2 is 2.08 bits per heavy atom. The maximum Gasteiger partial charge on any atom is 0.345 e. The number of carbonyl (C=O) groups is 1. The van der Waals surface area contributed by atoms with Crippen LogP contribution < -0.4 is 21.5 Å². The molecule has 1 aliphatic heterocycles. The number of thiophene rings is 1. The number of nitrogens with zero attached hydrogens (tertiary/aromatic N) is 4. The van der Waals surface area contributed by atoms with Gasteiger partial charge in [-0.1, -0.05) is 11.6 Å². The third-order valence-corrected chi connectivity index (χ3v) is 7.78. The zero-order valence-corrected chi connectivity index (χ0v) is 21.4. The van der Waals surface area contributed by atoms with Crippen LogP contribution in [-0.4, -0.2) is 37.2 Å². The summed E-state index contributed by atoms with van der Waals surface area (Å²) in [6, 6.07) is 10.4. The number of hydrazine groups is 2. The molecule has 186 valence electrons. The highest BCUT2D eigenvalue weighted by molar-refractivity contribution is 7.98. The highest BCUT2D eigenvalue weighted by atomic mass is 35.5. The number of aromatic amines is 1. The second-order valence-corrected chi connectivity index (χ2v) is 10.8. The van der Waals surface area contributed by atoms with Gasteiger partial charge in [-0.05, 0) is 48.7 Å². The number of imidazole rings is 1. The Balaban J connectivity index is 1.49. The SMILES string of the molecule is CN(SN(N)N)c1ccc(Cl)cc1-c1cc2n(c(=O)c1)[C@H](c1ncc(-c3csc(C(=O)O)c3)[nH]1)CC2. The Bertz CT molecular complexity index is 1510. The number of nitrogens with one attached hydrogen (secondary N) is 1. The van der Waals surface area contributed by atoms with E-state index in [1.807, 2.05) is 25.2 Å². The number of carboxylic acids is 1. The van der Waals surface area contributed by atoms with Gasteiger partial charge in [0.05, 0.1) is 35.8 Å². The van der Waals surface area contributed by atoms with Gasteiger partial charge < -0.3 is 19.0 Å². The van der Waals surface area contributed by atoms with Crippen LogP contribution in [0.3, 0.4) is 0 Å². The third-order valence-electron chi connectivity index (χ3n) is 5.99. The molecule has 0 aliphatic carbocycles. The fraction of sp³-hybridized carbons (Fsp3) is 0.174. The molecule has 0 saturated heterocycles. The van der Waals surface area contributed by atoms with Gasteiger partial charge in [-0.15, -0.1) is 15.9 Å². The summed E-state index contributed by atoms with van der Waals surface area (Å²) in [7, 11) is 1.82. The van der Waals surface area contributed by atoms with Crippen molar-refractivity contribution in [3.63, 3.8) is 0 Å². The number of hydrogen-bond donors (Lipinski definition) is 4. The summed E-state index contributed by atoms with van der Waals surface area (Å²) < 4.78 is 4.55. The molecule has 0 amide bonds. The van der Waals surface area contributed by atoms with Crippen molar-refractivity contribution in [2.75, 3.05) is 11.4 Å². The molecule has 0 radical (unpaired) electrons. The summed E-state index contributed by atoms with van der Waals surface area (Å²) in [5.41, 5.74) is 4.55. The zero-order chi connectivity index (χ0) is 25.6. The summed E-state index contributed by atoms with van der Waals surface area (Å²) in [4.78, 5) is 32.6. The fourth-order valence-corrected chi connectivity index (χ4v) is 5.90. The number of rotatable bonds is 7. The van der Waals surface area contributed by atoms with Crippen molar-refractivity contribution < 1.29 is 9.90 Å². The Labute approximate surface area is 219 Å². The summed E-state index contributed by atoms with van der Waals surface area (Å²) in [5.74, 6) is 10.9. The Morgan fingerprint density at radius 1 is 1.28 bits per heavy atom. The molecule has 36 heavy (non-hydrogen) atoms. The first kappa shape index (κ1) is 24.6. The van der Waals surface area contributed by atoms with Gasteiger partial charge in [-0.3, -0.25) is 4.79 Å². The molecule has 1 atom stereocenters. The monoisotopic (exact) mass is 543 g/mol. The van der Waals surface area contributed by atoms with Gasteiger partial charge in [0.2, 0.25) is 0 Å². The maximum atomic E-state index is 13.3. The minimum Gasteiger partial charge on any atom is -0.477 e. The molecule has 5 rings (SSSR count). The Hall–Kier alpha value is -3.13. The van der Waals surface area contributed by atoms with E-state index in [-0.39, 0.29) is 16.5 Å². The number of pyridine rings is 1. The first-order valence-electron chi connectivity index (χ1n) is 10.8. The number of nitrogens with two attached hydrogens (primary N) is 2. The molecule has 3 aromatic heterocycles. The lowest BCUT2D eigenvalue weighted by molar-refractivity contribution is 0.0702. The van der Waals surface area contributed by atoms with Crippen molar-refractivity contribution in [2.45, 2.75) is 18.9 Å². The zero-order valence-electron chi connectivity index (χ0n) is 19.0. The standard InChI is InChI=1S/C23H22ClN7O3S2/c1-29(36-31(25)26)18-4-2-14(24)9-16(18)12-6-15-3-5-19(30(15)21(32)8-12)22-27-10-17(28-22)13-7-20(23(33)34)35-11-13/h2,4,6-11,19H,3,5,25-26H2,1H3,(H,27,28)(H,33,34)/t19-/m0/s1.